The van der Waals surface area contributed by atoms with Crippen molar-refractivity contribution in [2.75, 3.05) is 5.32 Å². The lowest BCUT2D eigenvalue weighted by atomic mass is 9.93. The molecule has 1 N–H and O–H groups in total. The van der Waals surface area contributed by atoms with E-state index in [1.807, 2.05) is 23.1 Å². The number of aromatic nitrogens is 3. The SMILES string of the molecule is C[C@H](CC(=O)Nc1nc(C(C)(C)C)cs1)n1ccnc1. The summed E-state index contributed by atoms with van der Waals surface area (Å²) < 4.78 is 1.92. The van der Waals surface area contributed by atoms with E-state index in [1.54, 1.807) is 12.5 Å². The molecule has 0 saturated carbocycles. The number of anilines is 1. The third-order valence-electron chi connectivity index (χ3n) is 3.03. The lowest BCUT2D eigenvalue weighted by molar-refractivity contribution is -0.116. The Balaban J connectivity index is 1.93. The van der Waals surface area contributed by atoms with E-state index in [-0.39, 0.29) is 17.4 Å². The summed E-state index contributed by atoms with van der Waals surface area (Å²) >= 11 is 1.47. The average molecular weight is 292 g/mol. The van der Waals surface area contributed by atoms with Crippen LogP contribution in [0.25, 0.3) is 0 Å². The molecular formula is C14H20N4OS. The second-order valence-electron chi connectivity index (χ2n) is 5.90. The van der Waals surface area contributed by atoms with Gasteiger partial charge >= 0.3 is 0 Å². The lowest BCUT2D eigenvalue weighted by Crippen LogP contribution is -2.17. The average Bonchev–Trinajstić information content (AvgIpc) is 2.97. The molecule has 1 amide bonds. The Morgan fingerprint density at radius 3 is 2.80 bits per heavy atom. The molecular weight excluding hydrogens is 272 g/mol. The highest BCUT2D eigenvalue weighted by Crippen LogP contribution is 2.26. The van der Waals surface area contributed by atoms with E-state index in [2.05, 4.69) is 36.1 Å². The largest absolute Gasteiger partial charge is 0.334 e. The number of hydrogen-bond acceptors (Lipinski definition) is 4. The number of carbonyl (C=O) groups is 1. The van der Waals surface area contributed by atoms with E-state index in [4.69, 9.17) is 0 Å². The zero-order valence-corrected chi connectivity index (χ0v) is 13.1. The first kappa shape index (κ1) is 14.7. The third kappa shape index (κ3) is 3.66. The van der Waals surface area contributed by atoms with Crippen LogP contribution in [0.3, 0.4) is 0 Å². The van der Waals surface area contributed by atoms with Crippen molar-refractivity contribution >= 4 is 22.4 Å². The highest BCUT2D eigenvalue weighted by atomic mass is 32.1. The van der Waals surface area contributed by atoms with Gasteiger partial charge in [-0.1, -0.05) is 20.8 Å². The topological polar surface area (TPSA) is 59.8 Å². The first-order chi connectivity index (χ1) is 9.36. The Kier molecular flexibility index (Phi) is 4.23. The van der Waals surface area contributed by atoms with Crippen LogP contribution in [0.15, 0.2) is 24.1 Å². The first-order valence-corrected chi connectivity index (χ1v) is 7.47. The number of hydrogen-bond donors (Lipinski definition) is 1. The maximum atomic E-state index is 12.0. The molecule has 6 heteroatoms. The van der Waals surface area contributed by atoms with Crippen molar-refractivity contribution in [3.05, 3.63) is 29.8 Å². The first-order valence-electron chi connectivity index (χ1n) is 6.59. The number of nitrogens with one attached hydrogen (secondary N) is 1. The lowest BCUT2D eigenvalue weighted by Gasteiger charge is -2.14. The molecule has 0 aliphatic rings. The van der Waals surface area contributed by atoms with Crippen molar-refractivity contribution in [1.82, 2.24) is 14.5 Å². The zero-order chi connectivity index (χ0) is 14.8. The van der Waals surface area contributed by atoms with Crippen LogP contribution in [0.4, 0.5) is 5.13 Å². The predicted octanol–water partition coefficient (Wildman–Crippen LogP) is 3.23. The van der Waals surface area contributed by atoms with E-state index in [0.717, 1.165) is 5.69 Å². The van der Waals surface area contributed by atoms with Gasteiger partial charge < -0.3 is 9.88 Å². The van der Waals surface area contributed by atoms with Crippen LogP contribution in [0.5, 0.6) is 0 Å². The number of carbonyl (C=O) groups excluding carboxylic acids is 1. The van der Waals surface area contributed by atoms with Crippen molar-refractivity contribution in [2.45, 2.75) is 45.6 Å². The van der Waals surface area contributed by atoms with Gasteiger partial charge in [0.25, 0.3) is 0 Å². The minimum absolute atomic E-state index is 0.00355. The fourth-order valence-corrected chi connectivity index (χ4v) is 2.70. The van der Waals surface area contributed by atoms with Crippen LogP contribution in [0.1, 0.15) is 45.9 Å². The van der Waals surface area contributed by atoms with Gasteiger partial charge in [0, 0.05) is 35.7 Å². The second-order valence-corrected chi connectivity index (χ2v) is 6.76. The van der Waals surface area contributed by atoms with Gasteiger partial charge in [-0.25, -0.2) is 9.97 Å². The summed E-state index contributed by atoms with van der Waals surface area (Å²) in [5.41, 5.74) is 1.00. The van der Waals surface area contributed by atoms with Crippen LogP contribution in [0, 0.1) is 0 Å². The van der Waals surface area contributed by atoms with Gasteiger partial charge in [-0.3, -0.25) is 4.79 Å². The number of nitrogens with zero attached hydrogens (tertiary/aromatic N) is 3. The Morgan fingerprint density at radius 2 is 2.25 bits per heavy atom. The standard InChI is InChI=1S/C14H20N4OS/c1-10(18-6-5-15-9-18)7-12(19)17-13-16-11(8-20-13)14(2,3)4/h5-6,8-10H,7H2,1-4H3,(H,16,17,19)/t10-/m1/s1. The molecule has 108 valence electrons. The summed E-state index contributed by atoms with van der Waals surface area (Å²) in [6.07, 6.45) is 5.70. The quantitative estimate of drug-likeness (QED) is 0.941. The second kappa shape index (κ2) is 5.75. The third-order valence-corrected chi connectivity index (χ3v) is 3.79. The minimum Gasteiger partial charge on any atom is -0.334 e. The number of imidazole rings is 1. The molecule has 2 rings (SSSR count). The summed E-state index contributed by atoms with van der Waals surface area (Å²) in [5, 5.41) is 5.52. The molecule has 0 spiro atoms. The molecule has 0 aliphatic carbocycles. The van der Waals surface area contributed by atoms with Crippen molar-refractivity contribution < 1.29 is 4.79 Å². The molecule has 2 aromatic rings. The highest BCUT2D eigenvalue weighted by Gasteiger charge is 2.18. The van der Waals surface area contributed by atoms with Gasteiger partial charge in [-0.05, 0) is 6.92 Å². The maximum Gasteiger partial charge on any atom is 0.228 e. The normalized spacial score (nSPS) is 13.2. The van der Waals surface area contributed by atoms with Gasteiger partial charge in [0.15, 0.2) is 5.13 Å². The van der Waals surface area contributed by atoms with Crippen LogP contribution >= 0.6 is 11.3 Å². The fraction of sp³-hybridized carbons (Fsp3) is 0.500. The summed E-state index contributed by atoms with van der Waals surface area (Å²) in [7, 11) is 0. The summed E-state index contributed by atoms with van der Waals surface area (Å²) in [5.74, 6) is -0.0268. The molecule has 0 aromatic carbocycles. The van der Waals surface area contributed by atoms with Gasteiger partial charge in [0.1, 0.15) is 0 Å². The Labute approximate surface area is 123 Å². The molecule has 1 atom stereocenters. The molecule has 2 aromatic heterocycles. The zero-order valence-electron chi connectivity index (χ0n) is 12.3. The van der Waals surface area contributed by atoms with E-state index < -0.39 is 0 Å². The maximum absolute atomic E-state index is 12.0. The molecule has 0 aliphatic heterocycles. The van der Waals surface area contributed by atoms with Crippen molar-refractivity contribution in [3.8, 4) is 0 Å². The predicted molar refractivity (Wildman–Crippen MR) is 81.0 cm³/mol. The van der Waals surface area contributed by atoms with Crippen LogP contribution in [-0.2, 0) is 10.2 Å². The summed E-state index contributed by atoms with van der Waals surface area (Å²) in [6, 6.07) is 0.0829. The summed E-state index contributed by atoms with van der Waals surface area (Å²) in [4.78, 5) is 20.4. The van der Waals surface area contributed by atoms with E-state index in [9.17, 15) is 4.79 Å². The molecule has 0 bridgehead atoms. The number of thiazole rings is 1. The van der Waals surface area contributed by atoms with Gasteiger partial charge in [0.05, 0.1) is 12.0 Å². The van der Waals surface area contributed by atoms with Gasteiger partial charge in [0.2, 0.25) is 5.91 Å². The van der Waals surface area contributed by atoms with Crippen molar-refractivity contribution in [2.24, 2.45) is 0 Å². The van der Waals surface area contributed by atoms with Gasteiger partial charge in [-0.15, -0.1) is 11.3 Å². The molecule has 0 radical (unpaired) electrons. The Hall–Kier alpha value is -1.69. The van der Waals surface area contributed by atoms with Crippen LogP contribution < -0.4 is 5.32 Å². The molecule has 5 nitrogen and oxygen atoms in total. The molecule has 20 heavy (non-hydrogen) atoms. The smallest absolute Gasteiger partial charge is 0.228 e. The van der Waals surface area contributed by atoms with Gasteiger partial charge in [-0.2, -0.15) is 0 Å². The monoisotopic (exact) mass is 292 g/mol. The molecule has 2 heterocycles. The Bertz CT molecular complexity index is 568. The van der Waals surface area contributed by atoms with E-state index in [1.165, 1.54) is 11.3 Å². The Morgan fingerprint density at radius 1 is 1.50 bits per heavy atom. The fourth-order valence-electron chi connectivity index (χ4n) is 1.75. The van der Waals surface area contributed by atoms with Crippen molar-refractivity contribution in [3.63, 3.8) is 0 Å². The minimum atomic E-state index is -0.0268. The molecule has 0 unspecified atom stereocenters. The van der Waals surface area contributed by atoms with Crippen LogP contribution in [-0.4, -0.2) is 20.4 Å². The number of rotatable bonds is 4. The summed E-state index contributed by atoms with van der Waals surface area (Å²) in [6.45, 7) is 8.31. The highest BCUT2D eigenvalue weighted by molar-refractivity contribution is 7.13. The molecule has 0 saturated heterocycles. The van der Waals surface area contributed by atoms with E-state index in [0.29, 0.717) is 11.6 Å². The molecule has 0 fully saturated rings. The van der Waals surface area contributed by atoms with E-state index >= 15 is 0 Å². The van der Waals surface area contributed by atoms with Crippen LogP contribution in [0.2, 0.25) is 0 Å². The number of amides is 1. The van der Waals surface area contributed by atoms with Crippen molar-refractivity contribution in [1.29, 1.82) is 0 Å².